The number of piperazine rings is 1. The average molecular weight is 240 g/mol. The molecule has 0 aliphatic carbocycles. The lowest BCUT2D eigenvalue weighted by molar-refractivity contribution is 0.134. The fraction of sp³-hybridized carbons (Fsp3) is 1.00. The molecule has 0 saturated carbocycles. The molecule has 1 rings (SSSR count). The van der Waals surface area contributed by atoms with Crippen molar-refractivity contribution >= 4 is 0 Å². The van der Waals surface area contributed by atoms with E-state index in [1.54, 1.807) is 0 Å². The van der Waals surface area contributed by atoms with E-state index >= 15 is 0 Å². The van der Waals surface area contributed by atoms with Crippen LogP contribution in [-0.2, 0) is 0 Å². The van der Waals surface area contributed by atoms with Crippen LogP contribution in [0.25, 0.3) is 0 Å². The number of nitrogens with zero attached hydrogens (tertiary/aromatic N) is 1. The first-order valence-electron chi connectivity index (χ1n) is 7.61. The summed E-state index contributed by atoms with van der Waals surface area (Å²) in [5.41, 5.74) is 0. The summed E-state index contributed by atoms with van der Waals surface area (Å²) in [5, 5.41) is 3.67. The second-order valence-corrected chi connectivity index (χ2v) is 6.13. The predicted octanol–water partition coefficient (Wildman–Crippen LogP) is 3.28. The third kappa shape index (κ3) is 5.87. The predicted molar refractivity (Wildman–Crippen MR) is 76.4 cm³/mol. The molecule has 2 heteroatoms. The zero-order chi connectivity index (χ0) is 12.7. The highest BCUT2D eigenvalue weighted by atomic mass is 15.2. The molecule has 2 unspecified atom stereocenters. The van der Waals surface area contributed by atoms with Gasteiger partial charge in [-0.15, -0.1) is 0 Å². The molecular weight excluding hydrogens is 208 g/mol. The van der Waals surface area contributed by atoms with E-state index in [1.807, 2.05) is 0 Å². The average Bonchev–Trinajstić information content (AvgIpc) is 2.28. The van der Waals surface area contributed by atoms with Gasteiger partial charge in [-0.25, -0.2) is 0 Å². The van der Waals surface area contributed by atoms with E-state index in [2.05, 4.69) is 37.9 Å². The topological polar surface area (TPSA) is 15.3 Å². The van der Waals surface area contributed by atoms with Crippen molar-refractivity contribution in [3.63, 3.8) is 0 Å². The van der Waals surface area contributed by atoms with Gasteiger partial charge in [0, 0.05) is 25.2 Å². The third-order valence-electron chi connectivity index (χ3n) is 3.89. The van der Waals surface area contributed by atoms with Crippen molar-refractivity contribution in [3.8, 4) is 0 Å². The Morgan fingerprint density at radius 2 is 2.06 bits per heavy atom. The number of hydrogen-bond donors (Lipinski definition) is 1. The first kappa shape index (κ1) is 15.0. The number of rotatable bonds is 7. The van der Waals surface area contributed by atoms with Gasteiger partial charge in [-0.2, -0.15) is 0 Å². The Labute approximate surface area is 108 Å². The van der Waals surface area contributed by atoms with Gasteiger partial charge in [0.05, 0.1) is 0 Å². The Morgan fingerprint density at radius 1 is 1.29 bits per heavy atom. The molecule has 0 radical (unpaired) electrons. The van der Waals surface area contributed by atoms with Crippen LogP contribution in [0, 0.1) is 5.92 Å². The van der Waals surface area contributed by atoms with Gasteiger partial charge in [-0.1, -0.05) is 40.0 Å². The molecule has 1 aliphatic heterocycles. The second-order valence-electron chi connectivity index (χ2n) is 6.13. The van der Waals surface area contributed by atoms with E-state index in [1.165, 1.54) is 51.7 Å². The number of hydrogen-bond acceptors (Lipinski definition) is 2. The minimum Gasteiger partial charge on any atom is -0.311 e. The second kappa shape index (κ2) is 8.10. The van der Waals surface area contributed by atoms with Crippen LogP contribution in [0.5, 0.6) is 0 Å². The Morgan fingerprint density at radius 3 is 2.71 bits per heavy atom. The summed E-state index contributed by atoms with van der Waals surface area (Å²) >= 11 is 0. The SMILES string of the molecule is CCCC1CN(CCCCC(C)C)C(C)CN1. The van der Waals surface area contributed by atoms with Gasteiger partial charge in [0.15, 0.2) is 0 Å². The fourth-order valence-corrected chi connectivity index (χ4v) is 2.71. The van der Waals surface area contributed by atoms with Crippen LogP contribution in [0.15, 0.2) is 0 Å². The third-order valence-corrected chi connectivity index (χ3v) is 3.89. The first-order chi connectivity index (χ1) is 8.13. The van der Waals surface area contributed by atoms with Crippen LogP contribution in [0.1, 0.15) is 59.8 Å². The lowest BCUT2D eigenvalue weighted by atomic mass is 10.0. The normalized spacial score (nSPS) is 26.6. The standard InChI is InChI=1S/C15H32N2/c1-5-8-15-12-17(14(4)11-16-15)10-7-6-9-13(2)3/h13-16H,5-12H2,1-4H3. The molecule has 1 heterocycles. The highest BCUT2D eigenvalue weighted by Crippen LogP contribution is 2.13. The summed E-state index contributed by atoms with van der Waals surface area (Å²) in [6, 6.07) is 1.46. The number of nitrogens with one attached hydrogen (secondary N) is 1. The molecule has 1 saturated heterocycles. The molecule has 0 aromatic rings. The van der Waals surface area contributed by atoms with Crippen LogP contribution >= 0.6 is 0 Å². The highest BCUT2D eigenvalue weighted by molar-refractivity contribution is 4.83. The van der Waals surface area contributed by atoms with Crippen LogP contribution in [-0.4, -0.2) is 36.6 Å². The van der Waals surface area contributed by atoms with Gasteiger partial charge in [0.1, 0.15) is 0 Å². The first-order valence-corrected chi connectivity index (χ1v) is 7.61. The van der Waals surface area contributed by atoms with Gasteiger partial charge in [0.2, 0.25) is 0 Å². The van der Waals surface area contributed by atoms with Crippen LogP contribution < -0.4 is 5.32 Å². The lowest BCUT2D eigenvalue weighted by Crippen LogP contribution is -2.55. The number of unbranched alkanes of at least 4 members (excludes halogenated alkanes) is 1. The van der Waals surface area contributed by atoms with E-state index in [-0.39, 0.29) is 0 Å². The Bertz CT molecular complexity index is 191. The Kier molecular flexibility index (Phi) is 7.14. The van der Waals surface area contributed by atoms with E-state index in [0.717, 1.165) is 18.0 Å². The molecule has 0 bridgehead atoms. The zero-order valence-electron chi connectivity index (χ0n) is 12.3. The minimum absolute atomic E-state index is 0.724. The quantitative estimate of drug-likeness (QED) is 0.687. The Balaban J connectivity index is 2.20. The molecule has 1 fully saturated rings. The van der Waals surface area contributed by atoms with Crippen molar-refractivity contribution in [3.05, 3.63) is 0 Å². The van der Waals surface area contributed by atoms with Gasteiger partial charge in [-0.05, 0) is 32.2 Å². The summed E-state index contributed by atoms with van der Waals surface area (Å²) in [6.07, 6.45) is 6.79. The molecule has 1 aliphatic rings. The highest BCUT2D eigenvalue weighted by Gasteiger charge is 2.23. The lowest BCUT2D eigenvalue weighted by Gasteiger charge is -2.39. The van der Waals surface area contributed by atoms with Gasteiger partial charge in [0.25, 0.3) is 0 Å². The summed E-state index contributed by atoms with van der Waals surface area (Å²) in [7, 11) is 0. The maximum atomic E-state index is 3.67. The largest absolute Gasteiger partial charge is 0.311 e. The van der Waals surface area contributed by atoms with Gasteiger partial charge >= 0.3 is 0 Å². The molecule has 102 valence electrons. The van der Waals surface area contributed by atoms with E-state index in [9.17, 15) is 0 Å². The molecule has 0 amide bonds. The van der Waals surface area contributed by atoms with Crippen LogP contribution in [0.2, 0.25) is 0 Å². The molecule has 2 nitrogen and oxygen atoms in total. The Hall–Kier alpha value is -0.0800. The van der Waals surface area contributed by atoms with Crippen molar-refractivity contribution in [2.45, 2.75) is 71.9 Å². The van der Waals surface area contributed by atoms with Crippen molar-refractivity contribution in [1.29, 1.82) is 0 Å². The van der Waals surface area contributed by atoms with E-state index < -0.39 is 0 Å². The van der Waals surface area contributed by atoms with Crippen LogP contribution in [0.3, 0.4) is 0 Å². The smallest absolute Gasteiger partial charge is 0.0195 e. The molecule has 0 spiro atoms. The zero-order valence-corrected chi connectivity index (χ0v) is 12.3. The maximum Gasteiger partial charge on any atom is 0.0195 e. The van der Waals surface area contributed by atoms with Gasteiger partial charge in [-0.3, -0.25) is 4.90 Å². The monoisotopic (exact) mass is 240 g/mol. The van der Waals surface area contributed by atoms with Crippen molar-refractivity contribution in [2.24, 2.45) is 5.92 Å². The molecule has 0 aromatic carbocycles. The summed E-state index contributed by atoms with van der Waals surface area (Å²) in [4.78, 5) is 2.69. The molecule has 1 N–H and O–H groups in total. The minimum atomic E-state index is 0.724. The van der Waals surface area contributed by atoms with Crippen molar-refractivity contribution in [2.75, 3.05) is 19.6 Å². The molecule has 0 aromatic heterocycles. The van der Waals surface area contributed by atoms with Crippen molar-refractivity contribution < 1.29 is 0 Å². The van der Waals surface area contributed by atoms with Crippen molar-refractivity contribution in [1.82, 2.24) is 10.2 Å². The van der Waals surface area contributed by atoms with Gasteiger partial charge < -0.3 is 5.32 Å². The summed E-state index contributed by atoms with van der Waals surface area (Å²) in [6.45, 7) is 13.0. The summed E-state index contributed by atoms with van der Waals surface area (Å²) < 4.78 is 0. The van der Waals surface area contributed by atoms with E-state index in [4.69, 9.17) is 0 Å². The summed E-state index contributed by atoms with van der Waals surface area (Å²) in [5.74, 6) is 0.864. The molecular formula is C15H32N2. The molecule has 2 atom stereocenters. The molecule has 17 heavy (non-hydrogen) atoms. The van der Waals surface area contributed by atoms with Crippen LogP contribution in [0.4, 0.5) is 0 Å². The van der Waals surface area contributed by atoms with E-state index in [0.29, 0.717) is 0 Å². The maximum absolute atomic E-state index is 3.67. The fourth-order valence-electron chi connectivity index (χ4n) is 2.71.